The molecule has 5 nitrogen and oxygen atoms in total. The van der Waals surface area contributed by atoms with Gasteiger partial charge in [0.25, 0.3) is 5.69 Å². The molecule has 0 atom stereocenters. The molecule has 0 unspecified atom stereocenters. The quantitative estimate of drug-likeness (QED) is 0.405. The Balaban J connectivity index is 2.68. The summed E-state index contributed by atoms with van der Waals surface area (Å²) >= 11 is 5.77. The van der Waals surface area contributed by atoms with Crippen molar-refractivity contribution in [1.82, 2.24) is 0 Å². The van der Waals surface area contributed by atoms with Gasteiger partial charge in [-0.2, -0.15) is 5.26 Å². The van der Waals surface area contributed by atoms with Crippen LogP contribution >= 0.6 is 11.6 Å². The van der Waals surface area contributed by atoms with E-state index in [1.165, 1.54) is 18.2 Å². The number of nitro benzene ring substituents is 1. The molecule has 2 rings (SSSR count). The van der Waals surface area contributed by atoms with Crippen molar-refractivity contribution in [2.45, 2.75) is 0 Å². The summed E-state index contributed by atoms with van der Waals surface area (Å²) in [6.45, 7) is 0. The normalized spacial score (nSPS) is 11.4. The first-order chi connectivity index (χ1) is 10.0. The van der Waals surface area contributed by atoms with Crippen molar-refractivity contribution in [2.24, 2.45) is 5.73 Å². The smallest absolute Gasteiger partial charge is 0.280 e. The Kier molecular flexibility index (Phi) is 4.21. The van der Waals surface area contributed by atoms with Crippen LogP contribution in [0, 0.1) is 21.4 Å². The molecule has 0 saturated carbocycles. The Morgan fingerprint density at radius 1 is 1.24 bits per heavy atom. The van der Waals surface area contributed by atoms with Gasteiger partial charge in [-0.3, -0.25) is 10.1 Å². The number of rotatable bonds is 3. The Bertz CT molecular complexity index is 764. The Hall–Kier alpha value is -2.84. The molecule has 0 bridgehead atoms. The highest BCUT2D eigenvalue weighted by Crippen LogP contribution is 2.30. The summed E-state index contributed by atoms with van der Waals surface area (Å²) in [7, 11) is 0. The van der Waals surface area contributed by atoms with Gasteiger partial charge in [0.15, 0.2) is 0 Å². The molecule has 0 spiro atoms. The third-order valence-electron chi connectivity index (χ3n) is 2.89. The lowest BCUT2D eigenvalue weighted by Crippen LogP contribution is -2.04. The van der Waals surface area contributed by atoms with Gasteiger partial charge in [-0.05, 0) is 17.7 Å². The van der Waals surface area contributed by atoms with Crippen LogP contribution < -0.4 is 5.73 Å². The zero-order valence-electron chi connectivity index (χ0n) is 10.8. The van der Waals surface area contributed by atoms with Crippen molar-refractivity contribution in [1.29, 1.82) is 5.26 Å². The van der Waals surface area contributed by atoms with Gasteiger partial charge in [-0.1, -0.05) is 41.9 Å². The molecule has 0 radical (unpaired) electrons. The molecule has 0 aliphatic rings. The number of hydrogen-bond donors (Lipinski definition) is 1. The molecule has 2 N–H and O–H groups in total. The topological polar surface area (TPSA) is 93.0 Å². The van der Waals surface area contributed by atoms with Crippen molar-refractivity contribution < 1.29 is 4.92 Å². The van der Waals surface area contributed by atoms with E-state index in [1.807, 2.05) is 6.07 Å². The van der Waals surface area contributed by atoms with Gasteiger partial charge in [0, 0.05) is 11.1 Å². The van der Waals surface area contributed by atoms with Gasteiger partial charge in [0.2, 0.25) is 0 Å². The van der Waals surface area contributed by atoms with Gasteiger partial charge < -0.3 is 5.73 Å². The van der Waals surface area contributed by atoms with Crippen LogP contribution in [0.25, 0.3) is 11.3 Å². The summed E-state index contributed by atoms with van der Waals surface area (Å²) < 4.78 is 0. The third kappa shape index (κ3) is 3.02. The monoisotopic (exact) mass is 299 g/mol. The van der Waals surface area contributed by atoms with E-state index in [1.54, 1.807) is 30.3 Å². The van der Waals surface area contributed by atoms with Crippen LogP contribution in [0.3, 0.4) is 0 Å². The average molecular weight is 300 g/mol. The second-order valence-corrected chi connectivity index (χ2v) is 4.62. The van der Waals surface area contributed by atoms with Gasteiger partial charge in [0.1, 0.15) is 6.07 Å². The van der Waals surface area contributed by atoms with Gasteiger partial charge in [0.05, 0.1) is 21.8 Å². The number of nitriles is 1. The van der Waals surface area contributed by atoms with Gasteiger partial charge in [-0.25, -0.2) is 0 Å². The molecular weight excluding hydrogens is 290 g/mol. The second kappa shape index (κ2) is 6.07. The molecule has 6 heteroatoms. The first-order valence-corrected chi connectivity index (χ1v) is 6.32. The predicted molar refractivity (Wildman–Crippen MR) is 81.2 cm³/mol. The van der Waals surface area contributed by atoms with Crippen molar-refractivity contribution >= 4 is 28.6 Å². The van der Waals surface area contributed by atoms with E-state index in [4.69, 9.17) is 17.3 Å². The standard InChI is InChI=1S/C15H10ClN3O2/c16-11-6-7-12(14(8-11)19(20)21)15(18)13(9-17)10-4-2-1-3-5-10/h1-8H,18H2/b15-13-. The van der Waals surface area contributed by atoms with Crippen LogP contribution in [0.5, 0.6) is 0 Å². The second-order valence-electron chi connectivity index (χ2n) is 4.19. The average Bonchev–Trinajstić information content (AvgIpc) is 2.48. The zero-order chi connectivity index (χ0) is 15.4. The van der Waals surface area contributed by atoms with Crippen LogP contribution in [0.2, 0.25) is 5.02 Å². The molecule has 104 valence electrons. The Morgan fingerprint density at radius 3 is 2.48 bits per heavy atom. The summed E-state index contributed by atoms with van der Waals surface area (Å²) in [6, 6.07) is 14.9. The van der Waals surface area contributed by atoms with E-state index >= 15 is 0 Å². The fourth-order valence-electron chi connectivity index (χ4n) is 1.90. The SMILES string of the molecule is N#C/C(=C(/N)c1ccc(Cl)cc1[N+](=O)[O-])c1ccccc1. The van der Waals surface area contributed by atoms with E-state index in [0.717, 1.165) is 0 Å². The maximum Gasteiger partial charge on any atom is 0.280 e. The van der Waals surface area contributed by atoms with E-state index < -0.39 is 4.92 Å². The predicted octanol–water partition coefficient (Wildman–Crippen LogP) is 3.60. The molecule has 21 heavy (non-hydrogen) atoms. The van der Waals surface area contributed by atoms with Crippen molar-refractivity contribution in [2.75, 3.05) is 0 Å². The lowest BCUT2D eigenvalue weighted by atomic mass is 10.00. The molecule has 2 aromatic rings. The summed E-state index contributed by atoms with van der Waals surface area (Å²) in [5.41, 5.74) is 6.75. The first kappa shape index (κ1) is 14.6. The minimum atomic E-state index is -0.575. The Labute approximate surface area is 126 Å². The molecule has 0 amide bonds. The van der Waals surface area contributed by atoms with Crippen molar-refractivity contribution in [3.05, 3.63) is 74.8 Å². The molecule has 0 heterocycles. The molecule has 0 aliphatic carbocycles. The number of nitrogens with two attached hydrogens (primary N) is 1. The van der Waals surface area contributed by atoms with Gasteiger partial charge >= 0.3 is 0 Å². The minimum Gasteiger partial charge on any atom is -0.397 e. The highest BCUT2D eigenvalue weighted by molar-refractivity contribution is 6.30. The third-order valence-corrected chi connectivity index (χ3v) is 3.13. The van der Waals surface area contributed by atoms with E-state index in [0.29, 0.717) is 5.56 Å². The highest BCUT2D eigenvalue weighted by Gasteiger charge is 2.19. The lowest BCUT2D eigenvalue weighted by Gasteiger charge is -2.07. The maximum atomic E-state index is 11.1. The number of nitro groups is 1. The highest BCUT2D eigenvalue weighted by atomic mass is 35.5. The van der Waals surface area contributed by atoms with Gasteiger partial charge in [-0.15, -0.1) is 0 Å². The summed E-state index contributed by atoms with van der Waals surface area (Å²) in [6.07, 6.45) is 0. The molecule has 0 fully saturated rings. The fourth-order valence-corrected chi connectivity index (χ4v) is 2.07. The fraction of sp³-hybridized carbons (Fsp3) is 0. The zero-order valence-corrected chi connectivity index (χ0v) is 11.5. The van der Waals surface area contributed by atoms with E-state index in [2.05, 4.69) is 0 Å². The number of allylic oxidation sites excluding steroid dienone is 1. The molecule has 0 saturated heterocycles. The molecule has 2 aromatic carbocycles. The van der Waals surface area contributed by atoms with E-state index in [9.17, 15) is 15.4 Å². The summed E-state index contributed by atoms with van der Waals surface area (Å²) in [5.74, 6) is 0. The van der Waals surface area contributed by atoms with Crippen LogP contribution in [0.4, 0.5) is 5.69 Å². The van der Waals surface area contributed by atoms with Crippen LogP contribution in [0.1, 0.15) is 11.1 Å². The molecular formula is C15H10ClN3O2. The number of benzene rings is 2. The number of nitrogens with zero attached hydrogens (tertiary/aromatic N) is 2. The Morgan fingerprint density at radius 2 is 1.90 bits per heavy atom. The van der Waals surface area contributed by atoms with Crippen LogP contribution in [-0.4, -0.2) is 4.92 Å². The maximum absolute atomic E-state index is 11.1. The lowest BCUT2D eigenvalue weighted by molar-refractivity contribution is -0.385. The number of halogens is 1. The first-order valence-electron chi connectivity index (χ1n) is 5.94. The van der Waals surface area contributed by atoms with Crippen LogP contribution in [0.15, 0.2) is 48.5 Å². The molecule has 0 aliphatic heterocycles. The number of hydrogen-bond acceptors (Lipinski definition) is 4. The van der Waals surface area contributed by atoms with E-state index in [-0.39, 0.29) is 27.5 Å². The molecule has 0 aromatic heterocycles. The summed E-state index contributed by atoms with van der Waals surface area (Å²) in [4.78, 5) is 10.5. The van der Waals surface area contributed by atoms with Crippen molar-refractivity contribution in [3.63, 3.8) is 0 Å². The summed E-state index contributed by atoms with van der Waals surface area (Å²) in [5, 5.41) is 20.7. The van der Waals surface area contributed by atoms with Crippen molar-refractivity contribution in [3.8, 4) is 6.07 Å². The van der Waals surface area contributed by atoms with Crippen LogP contribution in [-0.2, 0) is 0 Å². The minimum absolute atomic E-state index is 0.0482. The largest absolute Gasteiger partial charge is 0.397 e.